The van der Waals surface area contributed by atoms with Gasteiger partial charge in [0.15, 0.2) is 0 Å². The SMILES string of the molecule is CC(C(=O)NC1CCCCC1)N(Cc1cccc(Br)c1)C(=O)CN(c1cccc(Cl)c1)S(C)(=O)=O. The zero-order valence-corrected chi connectivity index (χ0v) is 23.1. The van der Waals surface area contributed by atoms with Gasteiger partial charge in [0.05, 0.1) is 11.9 Å². The summed E-state index contributed by atoms with van der Waals surface area (Å²) in [6.07, 6.45) is 6.20. The van der Waals surface area contributed by atoms with Crippen LogP contribution in [0.15, 0.2) is 53.0 Å². The zero-order chi connectivity index (χ0) is 25.6. The third-order valence-corrected chi connectivity index (χ3v) is 8.01. The molecule has 3 rings (SSSR count). The number of rotatable bonds is 9. The molecular weight excluding hydrogens is 554 g/mol. The number of nitrogens with zero attached hydrogens (tertiary/aromatic N) is 2. The second-order valence-electron chi connectivity index (χ2n) is 8.92. The molecule has 2 aromatic carbocycles. The minimum absolute atomic E-state index is 0.0977. The Bertz CT molecular complexity index is 1150. The molecule has 35 heavy (non-hydrogen) atoms. The van der Waals surface area contributed by atoms with E-state index in [1.54, 1.807) is 25.1 Å². The first-order valence-corrected chi connectivity index (χ1v) is 14.6. The van der Waals surface area contributed by atoms with Gasteiger partial charge in [-0.3, -0.25) is 13.9 Å². The molecule has 0 radical (unpaired) electrons. The maximum Gasteiger partial charge on any atom is 0.244 e. The lowest BCUT2D eigenvalue weighted by molar-refractivity contribution is -0.139. The van der Waals surface area contributed by atoms with Gasteiger partial charge in [-0.05, 0) is 55.7 Å². The predicted octanol–water partition coefficient (Wildman–Crippen LogP) is 4.73. The van der Waals surface area contributed by atoms with Crippen LogP contribution in [0, 0.1) is 0 Å². The van der Waals surface area contributed by atoms with Crippen LogP contribution in [0.25, 0.3) is 0 Å². The van der Waals surface area contributed by atoms with Crippen molar-refractivity contribution in [2.24, 2.45) is 0 Å². The van der Waals surface area contributed by atoms with E-state index in [0.717, 1.165) is 46.3 Å². The van der Waals surface area contributed by atoms with Gasteiger partial charge in [-0.15, -0.1) is 0 Å². The van der Waals surface area contributed by atoms with Gasteiger partial charge in [0.25, 0.3) is 0 Å². The van der Waals surface area contributed by atoms with E-state index in [1.807, 2.05) is 24.3 Å². The summed E-state index contributed by atoms with van der Waals surface area (Å²) in [6.45, 7) is 1.39. The van der Waals surface area contributed by atoms with Gasteiger partial charge in [0.1, 0.15) is 12.6 Å². The van der Waals surface area contributed by atoms with Crippen molar-refractivity contribution < 1.29 is 18.0 Å². The van der Waals surface area contributed by atoms with E-state index >= 15 is 0 Å². The van der Waals surface area contributed by atoms with Crippen LogP contribution in [0.4, 0.5) is 5.69 Å². The van der Waals surface area contributed by atoms with Crippen LogP contribution in [0.2, 0.25) is 5.02 Å². The molecular formula is C25H31BrClN3O4S. The van der Waals surface area contributed by atoms with Crippen molar-refractivity contribution in [2.45, 2.75) is 57.7 Å². The van der Waals surface area contributed by atoms with Crippen LogP contribution in [0.5, 0.6) is 0 Å². The van der Waals surface area contributed by atoms with E-state index in [4.69, 9.17) is 11.6 Å². The number of anilines is 1. The Morgan fingerprint density at radius 2 is 1.80 bits per heavy atom. The van der Waals surface area contributed by atoms with E-state index in [2.05, 4.69) is 21.2 Å². The molecule has 190 valence electrons. The summed E-state index contributed by atoms with van der Waals surface area (Å²) >= 11 is 9.51. The molecule has 1 saturated carbocycles. The lowest BCUT2D eigenvalue weighted by atomic mass is 9.95. The summed E-state index contributed by atoms with van der Waals surface area (Å²) in [4.78, 5) is 28.2. The molecule has 0 bridgehead atoms. The van der Waals surface area contributed by atoms with E-state index in [-0.39, 0.29) is 24.2 Å². The monoisotopic (exact) mass is 583 g/mol. The summed E-state index contributed by atoms with van der Waals surface area (Å²) < 4.78 is 27.1. The van der Waals surface area contributed by atoms with Crippen molar-refractivity contribution in [2.75, 3.05) is 17.1 Å². The predicted molar refractivity (Wildman–Crippen MR) is 143 cm³/mol. The summed E-state index contributed by atoms with van der Waals surface area (Å²) in [6, 6.07) is 13.1. The van der Waals surface area contributed by atoms with Gasteiger partial charge in [-0.25, -0.2) is 8.42 Å². The molecule has 1 fully saturated rings. The number of hydrogen-bond donors (Lipinski definition) is 1. The molecule has 0 saturated heterocycles. The van der Waals surface area contributed by atoms with Gasteiger partial charge >= 0.3 is 0 Å². The van der Waals surface area contributed by atoms with Gasteiger partial charge in [-0.2, -0.15) is 0 Å². The van der Waals surface area contributed by atoms with Crippen molar-refractivity contribution >= 4 is 55.1 Å². The molecule has 1 aliphatic carbocycles. The normalized spacial score (nSPS) is 15.3. The van der Waals surface area contributed by atoms with Crippen LogP contribution in [-0.4, -0.2) is 50.0 Å². The van der Waals surface area contributed by atoms with E-state index < -0.39 is 28.5 Å². The topological polar surface area (TPSA) is 86.8 Å². The third-order valence-electron chi connectivity index (χ3n) is 6.14. The summed E-state index contributed by atoms with van der Waals surface area (Å²) in [5.41, 5.74) is 1.11. The van der Waals surface area contributed by atoms with Gasteiger partial charge in [0, 0.05) is 22.1 Å². The fraction of sp³-hybridized carbons (Fsp3) is 0.440. The third kappa shape index (κ3) is 7.95. The number of benzene rings is 2. The van der Waals surface area contributed by atoms with Crippen molar-refractivity contribution in [1.29, 1.82) is 0 Å². The van der Waals surface area contributed by atoms with Crippen LogP contribution in [0.1, 0.15) is 44.6 Å². The Morgan fingerprint density at radius 3 is 2.43 bits per heavy atom. The Kier molecular flexibility index (Phi) is 9.61. The summed E-state index contributed by atoms with van der Waals surface area (Å²) in [5, 5.41) is 3.44. The first kappa shape index (κ1) is 27.5. The molecule has 0 aromatic heterocycles. The van der Waals surface area contributed by atoms with Gasteiger partial charge < -0.3 is 10.2 Å². The number of sulfonamides is 1. The molecule has 0 aliphatic heterocycles. The average Bonchev–Trinajstić information content (AvgIpc) is 2.80. The highest BCUT2D eigenvalue weighted by Gasteiger charge is 2.31. The number of carbonyl (C=O) groups is 2. The van der Waals surface area contributed by atoms with Gasteiger partial charge in [0.2, 0.25) is 21.8 Å². The van der Waals surface area contributed by atoms with Crippen LogP contribution < -0.4 is 9.62 Å². The number of hydrogen-bond acceptors (Lipinski definition) is 4. The highest BCUT2D eigenvalue weighted by atomic mass is 79.9. The Labute approximate surface area is 221 Å². The molecule has 1 aliphatic rings. The molecule has 1 unspecified atom stereocenters. The van der Waals surface area contributed by atoms with Crippen molar-refractivity contribution in [3.8, 4) is 0 Å². The quantitative estimate of drug-likeness (QED) is 0.462. The van der Waals surface area contributed by atoms with Crippen molar-refractivity contribution in [3.63, 3.8) is 0 Å². The zero-order valence-electron chi connectivity index (χ0n) is 19.9. The first-order chi connectivity index (χ1) is 16.5. The molecule has 10 heteroatoms. The summed E-state index contributed by atoms with van der Waals surface area (Å²) in [5.74, 6) is -0.726. The summed E-state index contributed by atoms with van der Waals surface area (Å²) in [7, 11) is -3.79. The van der Waals surface area contributed by atoms with Crippen molar-refractivity contribution in [3.05, 3.63) is 63.6 Å². The first-order valence-electron chi connectivity index (χ1n) is 11.6. The Morgan fingerprint density at radius 1 is 1.11 bits per heavy atom. The fourth-order valence-electron chi connectivity index (χ4n) is 4.23. The molecule has 0 spiro atoms. The highest BCUT2D eigenvalue weighted by Crippen LogP contribution is 2.23. The molecule has 1 atom stereocenters. The lowest BCUT2D eigenvalue weighted by Gasteiger charge is -2.33. The minimum Gasteiger partial charge on any atom is -0.352 e. The smallest absolute Gasteiger partial charge is 0.244 e. The Hall–Kier alpha value is -2.10. The Balaban J connectivity index is 1.87. The maximum atomic E-state index is 13.6. The second-order valence-corrected chi connectivity index (χ2v) is 12.2. The van der Waals surface area contributed by atoms with E-state index in [9.17, 15) is 18.0 Å². The van der Waals surface area contributed by atoms with E-state index in [0.29, 0.717) is 5.02 Å². The van der Waals surface area contributed by atoms with Crippen LogP contribution >= 0.6 is 27.5 Å². The number of amides is 2. The minimum atomic E-state index is -3.79. The largest absolute Gasteiger partial charge is 0.352 e. The van der Waals surface area contributed by atoms with E-state index in [1.165, 1.54) is 17.4 Å². The van der Waals surface area contributed by atoms with Crippen LogP contribution in [-0.2, 0) is 26.2 Å². The number of nitrogens with one attached hydrogen (secondary N) is 1. The fourth-order valence-corrected chi connectivity index (χ4v) is 5.70. The molecule has 7 nitrogen and oxygen atoms in total. The lowest BCUT2D eigenvalue weighted by Crippen LogP contribution is -2.52. The molecule has 1 N–H and O–H groups in total. The molecule has 2 amide bonds. The number of halogens is 2. The standard InChI is InChI=1S/C25H31BrClN3O4S/c1-18(25(32)28-22-11-4-3-5-12-22)29(16-19-8-6-9-20(26)14-19)24(31)17-30(35(2,33)34)23-13-7-10-21(27)15-23/h6-10,13-15,18,22H,3-5,11-12,16-17H2,1-2H3,(H,28,32). The number of carbonyl (C=O) groups excluding carboxylic acids is 2. The highest BCUT2D eigenvalue weighted by molar-refractivity contribution is 9.10. The van der Waals surface area contributed by atoms with Crippen LogP contribution in [0.3, 0.4) is 0 Å². The van der Waals surface area contributed by atoms with Gasteiger partial charge in [-0.1, -0.05) is 65.0 Å². The maximum absolute atomic E-state index is 13.6. The molecule has 2 aromatic rings. The molecule has 0 heterocycles. The van der Waals surface area contributed by atoms with Crippen molar-refractivity contribution in [1.82, 2.24) is 10.2 Å². The second kappa shape index (κ2) is 12.2. The average molecular weight is 585 g/mol.